The minimum absolute atomic E-state index is 0.138. The fraction of sp³-hybridized carbons (Fsp3) is 0.375. The topological polar surface area (TPSA) is 65.0 Å². The molecule has 2 aromatic rings. The monoisotopic (exact) mass is 473 g/mol. The third-order valence-electron chi connectivity index (χ3n) is 6.26. The molecule has 0 aromatic heterocycles. The van der Waals surface area contributed by atoms with Crippen LogP contribution in [0, 0.1) is 0 Å². The number of nitrogens with zero attached hydrogens (tertiary/aromatic N) is 2. The Bertz CT molecular complexity index is 1060. The summed E-state index contributed by atoms with van der Waals surface area (Å²) >= 11 is 1.55. The molecule has 0 radical (unpaired) electrons. The molecule has 33 heavy (non-hydrogen) atoms. The quantitative estimate of drug-likeness (QED) is 0.497. The number of alkyl halides is 2. The Balaban J connectivity index is 1.15. The van der Waals surface area contributed by atoms with Crippen molar-refractivity contribution in [2.24, 2.45) is 0 Å². The summed E-state index contributed by atoms with van der Waals surface area (Å²) in [6.07, 6.45) is -0.193. The summed E-state index contributed by atoms with van der Waals surface area (Å²) in [6.45, 7) is 1.37. The van der Waals surface area contributed by atoms with E-state index in [1.165, 1.54) is 28.8 Å². The Morgan fingerprint density at radius 2 is 1.76 bits per heavy atom. The Hall–Kier alpha value is -2.46. The Morgan fingerprint density at radius 3 is 2.45 bits per heavy atom. The summed E-state index contributed by atoms with van der Waals surface area (Å²) < 4.78 is 31.2. The average molecular weight is 474 g/mol. The number of rotatable bonds is 6. The molecule has 0 fully saturated rings. The maximum atomic E-state index is 13.0. The molecule has 1 unspecified atom stereocenters. The molecular weight excluding hydrogens is 448 g/mol. The molecule has 1 atom stereocenters. The van der Waals surface area contributed by atoms with Crippen molar-refractivity contribution in [1.29, 1.82) is 0 Å². The molecule has 3 aliphatic rings. The molecule has 0 saturated carbocycles. The maximum absolute atomic E-state index is 13.0. The number of nitrogens with one attached hydrogen (secondary N) is 1. The van der Waals surface area contributed by atoms with Crippen LogP contribution in [0.4, 0.5) is 8.78 Å². The predicted octanol–water partition coefficient (Wildman–Crippen LogP) is 3.13. The number of fused-ring (bicyclic) bond motifs is 1. The number of halogens is 2. The van der Waals surface area contributed by atoms with Crippen LogP contribution in [-0.4, -0.2) is 59.6 Å². The highest BCUT2D eigenvalue weighted by molar-refractivity contribution is 7.97. The predicted molar refractivity (Wildman–Crippen MR) is 121 cm³/mol. The van der Waals surface area contributed by atoms with E-state index in [-0.39, 0.29) is 11.7 Å². The van der Waals surface area contributed by atoms with Crippen LogP contribution in [-0.2, 0) is 17.8 Å². The zero-order chi connectivity index (χ0) is 22.9. The first-order valence-electron chi connectivity index (χ1n) is 10.9. The Labute approximate surface area is 195 Å². The van der Waals surface area contributed by atoms with Gasteiger partial charge >= 0.3 is 6.61 Å². The SMILES string of the molecule is O=C(C(O)c1ccc2c(c1)CNCC2)N1CC2=C(CN(Sc3ccc(OC(F)F)cc3)C2)C1. The summed E-state index contributed by atoms with van der Waals surface area (Å²) in [4.78, 5) is 15.6. The van der Waals surface area contributed by atoms with Crippen LogP contribution in [0.25, 0.3) is 0 Å². The van der Waals surface area contributed by atoms with Crippen molar-refractivity contribution >= 4 is 17.9 Å². The van der Waals surface area contributed by atoms with Crippen molar-refractivity contribution in [2.45, 2.75) is 30.6 Å². The van der Waals surface area contributed by atoms with E-state index in [4.69, 9.17) is 0 Å². The highest BCUT2D eigenvalue weighted by Crippen LogP contribution is 2.35. The van der Waals surface area contributed by atoms with Gasteiger partial charge in [-0.15, -0.1) is 0 Å². The van der Waals surface area contributed by atoms with Crippen molar-refractivity contribution in [3.63, 3.8) is 0 Å². The molecule has 2 N–H and O–H groups in total. The van der Waals surface area contributed by atoms with Gasteiger partial charge in [0.05, 0.1) is 0 Å². The molecular formula is C24H25F2N3O3S. The molecule has 9 heteroatoms. The Morgan fingerprint density at radius 1 is 1.03 bits per heavy atom. The maximum Gasteiger partial charge on any atom is 0.387 e. The second-order valence-corrected chi connectivity index (χ2v) is 9.67. The lowest BCUT2D eigenvalue weighted by Crippen LogP contribution is -2.36. The van der Waals surface area contributed by atoms with Crippen molar-refractivity contribution < 1.29 is 23.4 Å². The van der Waals surface area contributed by atoms with Crippen LogP contribution in [0.1, 0.15) is 22.8 Å². The van der Waals surface area contributed by atoms with E-state index in [1.54, 1.807) is 29.0 Å². The van der Waals surface area contributed by atoms with Crippen molar-refractivity contribution in [2.75, 3.05) is 32.7 Å². The molecule has 0 aliphatic carbocycles. The summed E-state index contributed by atoms with van der Waals surface area (Å²) in [6, 6.07) is 12.4. The lowest BCUT2D eigenvalue weighted by molar-refractivity contribution is -0.139. The number of benzene rings is 2. The van der Waals surface area contributed by atoms with Gasteiger partial charge in [-0.3, -0.25) is 4.79 Å². The van der Waals surface area contributed by atoms with Gasteiger partial charge in [0.1, 0.15) is 5.75 Å². The van der Waals surface area contributed by atoms with Gasteiger partial charge in [0.15, 0.2) is 6.10 Å². The van der Waals surface area contributed by atoms with E-state index in [9.17, 15) is 18.7 Å². The number of carbonyl (C=O) groups is 1. The minimum atomic E-state index is -2.83. The van der Waals surface area contributed by atoms with E-state index < -0.39 is 12.7 Å². The molecule has 0 saturated heterocycles. The lowest BCUT2D eigenvalue weighted by Gasteiger charge is -2.25. The van der Waals surface area contributed by atoms with Gasteiger partial charge in [0, 0.05) is 37.6 Å². The van der Waals surface area contributed by atoms with Gasteiger partial charge in [-0.25, -0.2) is 4.31 Å². The van der Waals surface area contributed by atoms with Gasteiger partial charge < -0.3 is 20.1 Å². The zero-order valence-electron chi connectivity index (χ0n) is 18.0. The van der Waals surface area contributed by atoms with Gasteiger partial charge in [0.2, 0.25) is 0 Å². The number of amides is 1. The number of ether oxygens (including phenoxy) is 1. The first-order valence-corrected chi connectivity index (χ1v) is 11.7. The van der Waals surface area contributed by atoms with Crippen molar-refractivity contribution in [3.8, 4) is 5.75 Å². The lowest BCUT2D eigenvalue weighted by atomic mass is 9.96. The number of hydrogen-bond acceptors (Lipinski definition) is 6. The first-order chi connectivity index (χ1) is 16.0. The summed E-state index contributed by atoms with van der Waals surface area (Å²) in [5.41, 5.74) is 5.47. The molecule has 5 rings (SSSR count). The molecule has 0 spiro atoms. The van der Waals surface area contributed by atoms with Crippen LogP contribution in [0.5, 0.6) is 5.75 Å². The van der Waals surface area contributed by atoms with Crippen LogP contribution < -0.4 is 10.1 Å². The standard InChI is InChI=1S/C24H25F2N3O3S/c25-24(26)32-20-3-5-21(6-4-20)33-29-13-18-11-28(12-19(18)14-29)23(31)22(30)16-2-1-15-7-8-27-10-17(15)9-16/h1-6,9,22,24,27,30H,7-8,10-14H2. The summed E-state index contributed by atoms with van der Waals surface area (Å²) in [7, 11) is 0. The molecule has 3 aliphatic heterocycles. The Kier molecular flexibility index (Phi) is 6.38. The van der Waals surface area contributed by atoms with Crippen molar-refractivity contribution in [3.05, 3.63) is 70.3 Å². The fourth-order valence-electron chi connectivity index (χ4n) is 4.58. The van der Waals surface area contributed by atoms with E-state index in [0.29, 0.717) is 18.7 Å². The van der Waals surface area contributed by atoms with Gasteiger partial charge in [-0.05, 0) is 77.0 Å². The zero-order valence-corrected chi connectivity index (χ0v) is 18.8. The van der Waals surface area contributed by atoms with Gasteiger partial charge in [0.25, 0.3) is 5.91 Å². The van der Waals surface area contributed by atoms with E-state index in [1.807, 2.05) is 18.2 Å². The normalized spacial score (nSPS) is 19.1. The highest BCUT2D eigenvalue weighted by Gasteiger charge is 2.35. The molecule has 1 amide bonds. The molecule has 2 aromatic carbocycles. The number of carbonyl (C=O) groups excluding carboxylic acids is 1. The van der Waals surface area contributed by atoms with Crippen LogP contribution in [0.3, 0.4) is 0 Å². The molecule has 3 heterocycles. The van der Waals surface area contributed by atoms with Gasteiger partial charge in [-0.1, -0.05) is 18.2 Å². The van der Waals surface area contributed by atoms with Crippen LogP contribution in [0.15, 0.2) is 58.5 Å². The van der Waals surface area contributed by atoms with Crippen LogP contribution >= 0.6 is 11.9 Å². The minimum Gasteiger partial charge on any atom is -0.435 e. The summed E-state index contributed by atoms with van der Waals surface area (Å²) in [5.74, 6) is -0.124. The first kappa shape index (κ1) is 22.3. The molecule has 174 valence electrons. The second kappa shape index (κ2) is 9.42. The van der Waals surface area contributed by atoms with E-state index in [2.05, 4.69) is 14.4 Å². The molecule has 6 nitrogen and oxygen atoms in total. The third kappa shape index (κ3) is 4.91. The van der Waals surface area contributed by atoms with Crippen LogP contribution in [0.2, 0.25) is 0 Å². The number of hydrogen-bond donors (Lipinski definition) is 2. The molecule has 0 bridgehead atoms. The third-order valence-corrected chi connectivity index (χ3v) is 7.26. The number of aliphatic hydroxyl groups is 1. The van der Waals surface area contributed by atoms with E-state index >= 15 is 0 Å². The largest absolute Gasteiger partial charge is 0.435 e. The highest BCUT2D eigenvalue weighted by atomic mass is 32.2. The number of aliphatic hydroxyl groups excluding tert-OH is 1. The van der Waals surface area contributed by atoms with Crippen molar-refractivity contribution in [1.82, 2.24) is 14.5 Å². The smallest absolute Gasteiger partial charge is 0.387 e. The fourth-order valence-corrected chi connectivity index (χ4v) is 5.58. The second-order valence-electron chi connectivity index (χ2n) is 8.50. The van der Waals surface area contributed by atoms with E-state index in [0.717, 1.165) is 43.1 Å². The average Bonchev–Trinajstić information content (AvgIpc) is 3.37. The van der Waals surface area contributed by atoms with Gasteiger partial charge in [-0.2, -0.15) is 8.78 Å². The summed E-state index contributed by atoms with van der Waals surface area (Å²) in [5, 5.41) is 14.1.